The number of rotatable bonds is 1. The molecule has 2 atom stereocenters. The van der Waals surface area contributed by atoms with Crippen LogP contribution < -0.4 is 10.2 Å². The molecule has 0 spiro atoms. The number of carbonyl (C=O) groups is 2. The Hall–Kier alpha value is -2.11. The number of para-hydroxylation sites is 1. The molecule has 1 aromatic rings. The van der Waals surface area contributed by atoms with E-state index < -0.39 is 11.2 Å². The first kappa shape index (κ1) is 15.4. The minimum Gasteiger partial charge on any atom is -0.450 e. The Labute approximate surface area is 143 Å². The monoisotopic (exact) mass is 321 g/mol. The first-order valence-corrected chi connectivity index (χ1v) is 8.18. The Morgan fingerprint density at radius 2 is 2.25 bits per heavy atom. The summed E-state index contributed by atoms with van der Waals surface area (Å²) in [6.45, 7) is 3.22. The van der Waals surface area contributed by atoms with Gasteiger partial charge in [0.15, 0.2) is 0 Å². The van der Waals surface area contributed by atoms with Crippen molar-refractivity contribution in [3.63, 3.8) is 0 Å². The highest BCUT2D eigenvalue weighted by atomic mass is 16.6. The van der Waals surface area contributed by atoms with E-state index in [1.54, 1.807) is 11.8 Å². The fourth-order valence-electron chi connectivity index (χ4n) is 4.12. The standard InChI is InChI=1S/C16H17B2N3O3/c1-2-24-15(23)20-7-6-12-10(8-20)9-4-3-5-11-13(9)21(12)16(17,18)14(22)19-11/h3-5,10,12H,2,6-8H2,1H3,(H,19,22)/t10-,12-/m0/s1. The molecular formula is C16H17B2N3O3. The average molecular weight is 321 g/mol. The second kappa shape index (κ2) is 5.19. The molecule has 0 bridgehead atoms. The Bertz CT molecular complexity index is 725. The van der Waals surface area contributed by atoms with Crippen molar-refractivity contribution in [2.75, 3.05) is 29.9 Å². The summed E-state index contributed by atoms with van der Waals surface area (Å²) in [5, 5.41) is 1.20. The lowest BCUT2D eigenvalue weighted by molar-refractivity contribution is -0.117. The van der Waals surface area contributed by atoms with Gasteiger partial charge in [-0.15, -0.1) is 0 Å². The first-order chi connectivity index (χ1) is 11.4. The van der Waals surface area contributed by atoms with Gasteiger partial charge in [0.2, 0.25) is 5.91 Å². The molecule has 3 aliphatic rings. The Morgan fingerprint density at radius 1 is 1.46 bits per heavy atom. The summed E-state index contributed by atoms with van der Waals surface area (Å²) >= 11 is 0. The Balaban J connectivity index is 1.74. The second-order valence-corrected chi connectivity index (χ2v) is 6.50. The lowest BCUT2D eigenvalue weighted by Gasteiger charge is -2.48. The quantitative estimate of drug-likeness (QED) is 0.776. The highest BCUT2D eigenvalue weighted by molar-refractivity contribution is 6.55. The van der Waals surface area contributed by atoms with Gasteiger partial charge in [-0.2, -0.15) is 0 Å². The summed E-state index contributed by atoms with van der Waals surface area (Å²) in [4.78, 5) is 28.0. The number of carbonyl (C=O) groups excluding carboxylic acids is 2. The molecule has 0 saturated carbocycles. The third kappa shape index (κ3) is 1.98. The summed E-state index contributed by atoms with van der Waals surface area (Å²) in [5.74, 6) is -0.363. The molecule has 1 N–H and O–H groups in total. The van der Waals surface area contributed by atoms with Crippen LogP contribution in [-0.4, -0.2) is 63.7 Å². The van der Waals surface area contributed by atoms with Gasteiger partial charge >= 0.3 is 6.09 Å². The van der Waals surface area contributed by atoms with Crippen LogP contribution >= 0.6 is 0 Å². The van der Waals surface area contributed by atoms with Gasteiger partial charge in [0.25, 0.3) is 0 Å². The molecule has 0 aromatic heterocycles. The summed E-state index contributed by atoms with van der Waals surface area (Å²) < 4.78 is 5.12. The van der Waals surface area contributed by atoms with Gasteiger partial charge in [-0.05, 0) is 25.0 Å². The second-order valence-electron chi connectivity index (χ2n) is 6.50. The van der Waals surface area contributed by atoms with Crippen LogP contribution in [0.15, 0.2) is 18.2 Å². The summed E-state index contributed by atoms with van der Waals surface area (Å²) in [5.41, 5.74) is 2.66. The van der Waals surface area contributed by atoms with E-state index in [1.807, 2.05) is 23.1 Å². The number of nitrogens with one attached hydrogen (secondary N) is 1. The molecule has 4 radical (unpaired) electrons. The number of piperidine rings is 1. The minimum atomic E-state index is -1.59. The van der Waals surface area contributed by atoms with Crippen molar-refractivity contribution in [3.05, 3.63) is 23.8 Å². The van der Waals surface area contributed by atoms with Gasteiger partial charge in [-0.1, -0.05) is 12.1 Å². The van der Waals surface area contributed by atoms with Crippen molar-refractivity contribution in [1.29, 1.82) is 0 Å². The SMILES string of the molecule is [B]C1([B])C(=O)Nc2cccc3c2N1[C@H]1CCN(C(=O)OCC)C[C@@H]31. The van der Waals surface area contributed by atoms with E-state index in [0.29, 0.717) is 26.1 Å². The molecule has 0 unspecified atom stereocenters. The normalized spacial score (nSPS) is 26.5. The van der Waals surface area contributed by atoms with Crippen LogP contribution in [0.3, 0.4) is 0 Å². The fourth-order valence-corrected chi connectivity index (χ4v) is 4.12. The van der Waals surface area contributed by atoms with E-state index in [-0.39, 0.29) is 18.1 Å². The summed E-state index contributed by atoms with van der Waals surface area (Å²) in [6, 6.07) is 5.75. The number of likely N-dealkylation sites (tertiary alicyclic amines) is 1. The first-order valence-electron chi connectivity index (χ1n) is 8.18. The summed E-state index contributed by atoms with van der Waals surface area (Å²) in [7, 11) is 12.3. The number of ether oxygens (including phenoxy) is 1. The largest absolute Gasteiger partial charge is 0.450 e. The van der Waals surface area contributed by atoms with Crippen molar-refractivity contribution in [1.82, 2.24) is 4.90 Å². The molecule has 3 aliphatic heterocycles. The molecule has 1 fully saturated rings. The predicted octanol–water partition coefficient (Wildman–Crippen LogP) is 0.764. The van der Waals surface area contributed by atoms with Crippen LogP contribution in [-0.2, 0) is 9.53 Å². The molecular weight excluding hydrogens is 304 g/mol. The van der Waals surface area contributed by atoms with E-state index in [9.17, 15) is 9.59 Å². The lowest BCUT2D eigenvalue weighted by atomic mass is 9.58. The lowest BCUT2D eigenvalue weighted by Crippen LogP contribution is -2.64. The van der Waals surface area contributed by atoms with E-state index in [4.69, 9.17) is 20.4 Å². The van der Waals surface area contributed by atoms with Crippen molar-refractivity contribution >= 4 is 39.1 Å². The van der Waals surface area contributed by atoms with Crippen molar-refractivity contribution < 1.29 is 14.3 Å². The predicted molar refractivity (Wildman–Crippen MR) is 91.5 cm³/mol. The highest BCUT2D eigenvalue weighted by Gasteiger charge is 2.52. The van der Waals surface area contributed by atoms with Crippen LogP contribution in [0.1, 0.15) is 24.8 Å². The zero-order chi connectivity index (χ0) is 17.1. The van der Waals surface area contributed by atoms with Crippen molar-refractivity contribution in [2.45, 2.75) is 30.6 Å². The van der Waals surface area contributed by atoms with Crippen molar-refractivity contribution in [2.24, 2.45) is 0 Å². The maximum Gasteiger partial charge on any atom is 0.409 e. The molecule has 1 aromatic carbocycles. The topological polar surface area (TPSA) is 61.9 Å². The number of hydrogen-bond donors (Lipinski definition) is 1. The van der Waals surface area contributed by atoms with Crippen LogP contribution in [0.25, 0.3) is 0 Å². The molecule has 3 heterocycles. The third-order valence-electron chi connectivity index (χ3n) is 5.15. The highest BCUT2D eigenvalue weighted by Crippen LogP contribution is 2.52. The van der Waals surface area contributed by atoms with E-state index in [1.165, 1.54) is 0 Å². The number of fused-ring (bicyclic) bond motifs is 3. The van der Waals surface area contributed by atoms with Crippen LogP contribution in [0.2, 0.25) is 0 Å². The average Bonchev–Trinajstić information content (AvgIpc) is 2.89. The number of nitrogens with zero attached hydrogens (tertiary/aromatic N) is 2. The number of benzene rings is 1. The molecule has 2 amide bonds. The van der Waals surface area contributed by atoms with Crippen molar-refractivity contribution in [3.8, 4) is 0 Å². The number of anilines is 2. The van der Waals surface area contributed by atoms with Crippen LogP contribution in [0.5, 0.6) is 0 Å². The molecule has 4 rings (SSSR count). The van der Waals surface area contributed by atoms with Crippen LogP contribution in [0, 0.1) is 0 Å². The Kier molecular flexibility index (Phi) is 3.34. The minimum absolute atomic E-state index is 0.00660. The molecule has 0 aliphatic carbocycles. The van der Waals surface area contributed by atoms with Crippen LogP contribution in [0.4, 0.5) is 16.2 Å². The van der Waals surface area contributed by atoms with Gasteiger partial charge < -0.3 is 19.9 Å². The van der Waals surface area contributed by atoms with Gasteiger partial charge in [0.1, 0.15) is 15.7 Å². The zero-order valence-corrected chi connectivity index (χ0v) is 13.5. The molecule has 1 saturated heterocycles. The third-order valence-corrected chi connectivity index (χ3v) is 5.15. The fraction of sp³-hybridized carbons (Fsp3) is 0.500. The molecule has 24 heavy (non-hydrogen) atoms. The van der Waals surface area contributed by atoms with E-state index >= 15 is 0 Å². The van der Waals surface area contributed by atoms with Gasteiger partial charge in [0, 0.05) is 30.4 Å². The maximum absolute atomic E-state index is 12.3. The molecule has 6 nitrogen and oxygen atoms in total. The smallest absolute Gasteiger partial charge is 0.409 e. The van der Waals surface area contributed by atoms with Gasteiger partial charge in [-0.3, -0.25) is 4.79 Å². The van der Waals surface area contributed by atoms with E-state index in [0.717, 1.165) is 16.9 Å². The number of hydrogen-bond acceptors (Lipinski definition) is 4. The summed E-state index contributed by atoms with van der Waals surface area (Å²) in [6.07, 6.45) is 0.379. The number of amides is 2. The molecule has 120 valence electrons. The molecule has 8 heteroatoms. The zero-order valence-electron chi connectivity index (χ0n) is 13.5. The maximum atomic E-state index is 12.3. The van der Waals surface area contributed by atoms with E-state index in [2.05, 4.69) is 5.32 Å². The van der Waals surface area contributed by atoms with Gasteiger partial charge in [0.05, 0.1) is 18.0 Å². The van der Waals surface area contributed by atoms with Gasteiger partial charge in [-0.25, -0.2) is 4.79 Å². The Morgan fingerprint density at radius 3 is 3.00 bits per heavy atom.